The third kappa shape index (κ3) is 6.03. The molecule has 2 heterocycles. The number of thiazole rings is 1. The molecule has 0 amide bonds. The van der Waals surface area contributed by atoms with Gasteiger partial charge in [0.15, 0.2) is 5.96 Å². The van der Waals surface area contributed by atoms with Crippen molar-refractivity contribution >= 4 is 41.3 Å². The first kappa shape index (κ1) is 21.4. The van der Waals surface area contributed by atoms with Crippen LogP contribution < -0.4 is 5.32 Å². The van der Waals surface area contributed by atoms with Crippen molar-refractivity contribution < 1.29 is 0 Å². The van der Waals surface area contributed by atoms with Crippen molar-refractivity contribution in [2.45, 2.75) is 26.6 Å². The molecule has 8 heteroatoms. The van der Waals surface area contributed by atoms with Gasteiger partial charge in [-0.15, -0.1) is 35.3 Å². The van der Waals surface area contributed by atoms with E-state index in [1.54, 1.807) is 24.6 Å². The Hall–Kier alpha value is -1.94. The van der Waals surface area contributed by atoms with Crippen molar-refractivity contribution in [1.82, 2.24) is 25.0 Å². The molecular formula is C19H25IN6S. The molecule has 0 radical (unpaired) electrons. The maximum absolute atomic E-state index is 4.53. The van der Waals surface area contributed by atoms with Gasteiger partial charge in [-0.3, -0.25) is 9.67 Å². The molecule has 0 unspecified atom stereocenters. The van der Waals surface area contributed by atoms with E-state index in [0.717, 1.165) is 29.8 Å². The number of nitrogens with one attached hydrogen (secondary N) is 1. The fraction of sp³-hybridized carbons (Fsp3) is 0.316. The summed E-state index contributed by atoms with van der Waals surface area (Å²) in [4.78, 5) is 11.0. The van der Waals surface area contributed by atoms with Crippen LogP contribution in [0.4, 0.5) is 0 Å². The van der Waals surface area contributed by atoms with Crippen LogP contribution in [-0.4, -0.2) is 39.7 Å². The smallest absolute Gasteiger partial charge is 0.194 e. The fourth-order valence-corrected chi connectivity index (χ4v) is 3.41. The summed E-state index contributed by atoms with van der Waals surface area (Å²) in [5, 5.41) is 10.9. The van der Waals surface area contributed by atoms with Gasteiger partial charge < -0.3 is 10.2 Å². The van der Waals surface area contributed by atoms with E-state index < -0.39 is 0 Å². The second-order valence-corrected chi connectivity index (χ2v) is 7.15. The Kier molecular flexibility index (Phi) is 8.23. The van der Waals surface area contributed by atoms with Crippen LogP contribution in [0, 0.1) is 6.92 Å². The van der Waals surface area contributed by atoms with Crippen LogP contribution in [0.2, 0.25) is 0 Å². The predicted molar refractivity (Wildman–Crippen MR) is 122 cm³/mol. The molecule has 0 aliphatic rings. The van der Waals surface area contributed by atoms with E-state index in [0.29, 0.717) is 6.54 Å². The van der Waals surface area contributed by atoms with Gasteiger partial charge in [-0.1, -0.05) is 24.3 Å². The standard InChI is InChI=1S/C19H24N6S.HI/c1-15-23-18(14-26-15)13-24(3)19(20-2)21-11-16-7-4-5-8-17(16)12-25-10-6-9-22-25;/h4-10,14H,11-13H2,1-3H3,(H,20,21);1H. The number of rotatable bonds is 6. The van der Waals surface area contributed by atoms with Gasteiger partial charge in [0.2, 0.25) is 0 Å². The van der Waals surface area contributed by atoms with Crippen molar-refractivity contribution in [3.63, 3.8) is 0 Å². The average molecular weight is 496 g/mol. The second kappa shape index (κ2) is 10.4. The summed E-state index contributed by atoms with van der Waals surface area (Å²) in [6, 6.07) is 10.4. The number of nitrogens with zero attached hydrogens (tertiary/aromatic N) is 5. The second-order valence-electron chi connectivity index (χ2n) is 6.09. The van der Waals surface area contributed by atoms with E-state index in [4.69, 9.17) is 0 Å². The summed E-state index contributed by atoms with van der Waals surface area (Å²) in [5.74, 6) is 0.851. The van der Waals surface area contributed by atoms with Gasteiger partial charge >= 0.3 is 0 Å². The molecule has 0 spiro atoms. The zero-order chi connectivity index (χ0) is 18.4. The topological polar surface area (TPSA) is 58.3 Å². The van der Waals surface area contributed by atoms with Crippen LogP contribution in [0.3, 0.4) is 0 Å². The molecule has 0 saturated heterocycles. The summed E-state index contributed by atoms with van der Waals surface area (Å²) >= 11 is 1.67. The Bertz CT molecular complexity index is 859. The highest BCUT2D eigenvalue weighted by Gasteiger charge is 2.10. The fourth-order valence-electron chi connectivity index (χ4n) is 2.81. The van der Waals surface area contributed by atoms with E-state index in [-0.39, 0.29) is 24.0 Å². The lowest BCUT2D eigenvalue weighted by Crippen LogP contribution is -2.38. The number of aryl methyl sites for hydroxylation is 1. The summed E-state index contributed by atoms with van der Waals surface area (Å²) in [6.07, 6.45) is 3.78. The van der Waals surface area contributed by atoms with Crippen LogP contribution >= 0.6 is 35.3 Å². The lowest BCUT2D eigenvalue weighted by atomic mass is 10.1. The first-order valence-electron chi connectivity index (χ1n) is 8.52. The van der Waals surface area contributed by atoms with Gasteiger partial charge in [-0.2, -0.15) is 5.10 Å². The molecule has 6 nitrogen and oxygen atoms in total. The van der Waals surface area contributed by atoms with Crippen molar-refractivity contribution in [3.8, 4) is 0 Å². The van der Waals surface area contributed by atoms with Crippen LogP contribution in [0.25, 0.3) is 0 Å². The van der Waals surface area contributed by atoms with Gasteiger partial charge in [0.1, 0.15) is 0 Å². The Morgan fingerprint density at radius 1 is 1.26 bits per heavy atom. The number of hydrogen-bond donors (Lipinski definition) is 1. The van der Waals surface area contributed by atoms with Crippen LogP contribution in [0.5, 0.6) is 0 Å². The third-order valence-corrected chi connectivity index (χ3v) is 4.91. The van der Waals surface area contributed by atoms with Crippen LogP contribution in [0.1, 0.15) is 21.8 Å². The average Bonchev–Trinajstić information content (AvgIpc) is 3.28. The van der Waals surface area contributed by atoms with Crippen molar-refractivity contribution in [2.75, 3.05) is 14.1 Å². The molecule has 0 saturated carbocycles. The lowest BCUT2D eigenvalue weighted by molar-refractivity contribution is 0.470. The first-order valence-corrected chi connectivity index (χ1v) is 9.40. The maximum atomic E-state index is 4.53. The van der Waals surface area contributed by atoms with E-state index in [1.807, 2.05) is 30.9 Å². The van der Waals surface area contributed by atoms with E-state index >= 15 is 0 Å². The summed E-state index contributed by atoms with van der Waals surface area (Å²) in [6.45, 7) is 4.23. The summed E-state index contributed by atoms with van der Waals surface area (Å²) in [5.41, 5.74) is 3.55. The van der Waals surface area contributed by atoms with Crippen LogP contribution in [-0.2, 0) is 19.6 Å². The largest absolute Gasteiger partial charge is 0.352 e. The molecule has 144 valence electrons. The molecule has 1 N–H and O–H groups in total. The molecule has 0 fully saturated rings. The van der Waals surface area contributed by atoms with E-state index in [2.05, 4.69) is 54.9 Å². The minimum Gasteiger partial charge on any atom is -0.352 e. The zero-order valence-electron chi connectivity index (χ0n) is 15.8. The monoisotopic (exact) mass is 496 g/mol. The van der Waals surface area contributed by atoms with Crippen molar-refractivity contribution in [3.05, 3.63) is 69.9 Å². The normalized spacial score (nSPS) is 11.1. The molecule has 3 rings (SSSR count). The predicted octanol–water partition coefficient (Wildman–Crippen LogP) is 3.52. The highest BCUT2D eigenvalue weighted by Crippen LogP contribution is 2.12. The zero-order valence-corrected chi connectivity index (χ0v) is 18.9. The van der Waals surface area contributed by atoms with Gasteiger partial charge in [0.05, 0.1) is 23.8 Å². The molecule has 0 aliphatic carbocycles. The van der Waals surface area contributed by atoms with E-state index in [9.17, 15) is 0 Å². The quantitative estimate of drug-likeness (QED) is 0.323. The van der Waals surface area contributed by atoms with Gasteiger partial charge in [-0.25, -0.2) is 4.98 Å². The molecular weight excluding hydrogens is 471 g/mol. The highest BCUT2D eigenvalue weighted by molar-refractivity contribution is 14.0. The number of guanidine groups is 1. The van der Waals surface area contributed by atoms with E-state index in [1.165, 1.54) is 11.1 Å². The Morgan fingerprint density at radius 3 is 2.67 bits per heavy atom. The van der Waals surface area contributed by atoms with Crippen molar-refractivity contribution in [2.24, 2.45) is 4.99 Å². The van der Waals surface area contributed by atoms with Gasteiger partial charge in [0, 0.05) is 38.4 Å². The number of halogens is 1. The first-order chi connectivity index (χ1) is 12.7. The molecule has 0 bridgehead atoms. The Labute approximate surface area is 181 Å². The minimum atomic E-state index is 0. The Morgan fingerprint density at radius 2 is 2.04 bits per heavy atom. The number of aromatic nitrogens is 3. The minimum absolute atomic E-state index is 0. The molecule has 1 aromatic carbocycles. The molecule has 2 aromatic heterocycles. The molecule has 0 atom stereocenters. The number of hydrogen-bond acceptors (Lipinski definition) is 4. The summed E-state index contributed by atoms with van der Waals surface area (Å²) < 4.78 is 1.93. The lowest BCUT2D eigenvalue weighted by Gasteiger charge is -2.22. The van der Waals surface area contributed by atoms with Gasteiger partial charge in [-0.05, 0) is 24.1 Å². The third-order valence-electron chi connectivity index (χ3n) is 4.09. The number of benzene rings is 1. The van der Waals surface area contributed by atoms with Gasteiger partial charge in [0.25, 0.3) is 0 Å². The summed E-state index contributed by atoms with van der Waals surface area (Å²) in [7, 11) is 3.83. The molecule has 27 heavy (non-hydrogen) atoms. The number of aliphatic imine (C=N–C) groups is 1. The molecule has 3 aromatic rings. The molecule has 0 aliphatic heterocycles. The Balaban J connectivity index is 0.00000261. The van der Waals surface area contributed by atoms with Crippen molar-refractivity contribution in [1.29, 1.82) is 0 Å². The van der Waals surface area contributed by atoms with Crippen LogP contribution in [0.15, 0.2) is 53.1 Å². The highest BCUT2D eigenvalue weighted by atomic mass is 127. The maximum Gasteiger partial charge on any atom is 0.194 e. The SMILES string of the molecule is CN=C(NCc1ccccc1Cn1cccn1)N(C)Cc1csc(C)n1.I.